The number of amides is 6. The molecule has 2 saturated heterocycles. The lowest BCUT2D eigenvalue weighted by atomic mass is 9.97. The van der Waals surface area contributed by atoms with E-state index in [1.54, 1.807) is 62.6 Å². The third kappa shape index (κ3) is 19.0. The largest absolute Gasteiger partial charge is 0.456 e. The normalized spacial score (nSPS) is 15.5. The maximum Gasteiger partial charge on any atom is 0.330 e. The maximum atomic E-state index is 13.5. The lowest BCUT2D eigenvalue weighted by Gasteiger charge is -2.23. The van der Waals surface area contributed by atoms with Gasteiger partial charge in [-0.2, -0.15) is 0 Å². The van der Waals surface area contributed by atoms with E-state index in [0.29, 0.717) is 48.8 Å². The molecule has 0 unspecified atom stereocenters. The highest BCUT2D eigenvalue weighted by Crippen LogP contribution is 2.21. The van der Waals surface area contributed by atoms with E-state index in [9.17, 15) is 47.9 Å². The molecule has 6 N–H and O–H groups in total. The Morgan fingerprint density at radius 3 is 1.39 bits per heavy atom. The number of nitrogens with zero attached hydrogens (tertiary/aromatic N) is 6. The lowest BCUT2D eigenvalue weighted by molar-refractivity contribution is -0.140. The molecule has 2 aliphatic heterocycles. The quantitative estimate of drug-likeness (QED) is 0.0284. The Bertz CT molecular complexity index is 3450. The Kier molecular flexibility index (Phi) is 24.1. The van der Waals surface area contributed by atoms with E-state index in [1.807, 2.05) is 0 Å². The first-order chi connectivity index (χ1) is 41.5. The molecule has 6 aromatic heterocycles. The Labute approximate surface area is 498 Å². The monoisotopic (exact) mass is 1190 g/mol. The molecule has 2 fully saturated rings. The Morgan fingerprint density at radius 1 is 0.644 bits per heavy atom. The van der Waals surface area contributed by atoms with Crippen molar-refractivity contribution in [2.24, 2.45) is 11.8 Å². The highest BCUT2D eigenvalue weighted by molar-refractivity contribution is 6.03. The van der Waals surface area contributed by atoms with E-state index in [-0.39, 0.29) is 80.9 Å². The average molecular weight is 1190 g/mol. The fourth-order valence-electron chi connectivity index (χ4n) is 8.90. The van der Waals surface area contributed by atoms with Crippen LogP contribution in [0.25, 0.3) is 0 Å². The third-order valence-electron chi connectivity index (χ3n) is 13.2. The van der Waals surface area contributed by atoms with Crippen molar-refractivity contribution in [3.8, 4) is 24.7 Å². The second kappa shape index (κ2) is 32.1. The van der Waals surface area contributed by atoms with Crippen molar-refractivity contribution in [2.75, 3.05) is 23.7 Å². The number of pyridine rings is 4. The first-order valence-corrected chi connectivity index (χ1v) is 26.9. The fourth-order valence-corrected chi connectivity index (χ4v) is 8.90. The van der Waals surface area contributed by atoms with Crippen molar-refractivity contribution in [2.45, 2.75) is 97.2 Å². The molecular weight excluding hydrogens is 1120 g/mol. The van der Waals surface area contributed by atoms with Crippen LogP contribution in [0, 0.1) is 50.4 Å². The smallest absolute Gasteiger partial charge is 0.330 e. The Morgan fingerprint density at radius 2 is 1.06 bits per heavy atom. The van der Waals surface area contributed by atoms with Gasteiger partial charge in [-0.15, -0.1) is 24.7 Å². The summed E-state index contributed by atoms with van der Waals surface area (Å²) in [4.78, 5) is 136. The first-order valence-electron chi connectivity index (χ1n) is 26.9. The summed E-state index contributed by atoms with van der Waals surface area (Å²) in [7, 11) is 0. The summed E-state index contributed by atoms with van der Waals surface area (Å²) in [5.41, 5.74) is -0.458. The number of aryl methyl sites for hydroxylation is 2. The van der Waals surface area contributed by atoms with Crippen molar-refractivity contribution >= 4 is 58.8 Å². The number of nitrogens with one attached hydrogen (secondary N) is 6. The molecule has 6 atom stereocenters. The fraction of sp³-hybridized carbons (Fsp3) is 0.311. The number of terminal acetylenes is 2. The summed E-state index contributed by atoms with van der Waals surface area (Å²) in [6.45, 7) is 4.16. The molecule has 2 aliphatic rings. The number of esters is 2. The minimum atomic E-state index is -1.16. The summed E-state index contributed by atoms with van der Waals surface area (Å²) in [6, 6.07) is 15.2. The third-order valence-corrected chi connectivity index (χ3v) is 13.2. The zero-order chi connectivity index (χ0) is 61.5. The summed E-state index contributed by atoms with van der Waals surface area (Å²) in [6.07, 6.45) is 23.4. The highest BCUT2D eigenvalue weighted by atomic mass is 16.5. The van der Waals surface area contributed by atoms with Gasteiger partial charge in [0.2, 0.25) is 23.6 Å². The molecule has 6 aromatic rings. The second-order valence-electron chi connectivity index (χ2n) is 19.5. The maximum absolute atomic E-state index is 13.5. The first kappa shape index (κ1) is 65.1. The molecule has 0 bridgehead atoms. The molecular formula is C61H64N12O14. The van der Waals surface area contributed by atoms with Crippen molar-refractivity contribution in [3.05, 3.63) is 177 Å². The molecule has 452 valence electrons. The van der Waals surface area contributed by atoms with Crippen LogP contribution in [-0.4, -0.2) is 102 Å². The predicted octanol–water partition coefficient (Wildman–Crippen LogP) is 3.97. The van der Waals surface area contributed by atoms with Gasteiger partial charge in [-0.1, -0.05) is 42.0 Å². The minimum Gasteiger partial charge on any atom is -0.456 e. The molecule has 8 heterocycles. The van der Waals surface area contributed by atoms with E-state index < -0.39 is 82.7 Å². The summed E-state index contributed by atoms with van der Waals surface area (Å²) < 4.78 is 22.5. The summed E-state index contributed by atoms with van der Waals surface area (Å²) in [5.74, 6) is 0.636. The molecule has 0 saturated carbocycles. The molecule has 26 nitrogen and oxygen atoms in total. The van der Waals surface area contributed by atoms with Crippen LogP contribution in [0.5, 0.6) is 0 Å². The molecule has 26 heteroatoms. The van der Waals surface area contributed by atoms with Gasteiger partial charge in [0.1, 0.15) is 48.2 Å². The van der Waals surface area contributed by atoms with Gasteiger partial charge >= 0.3 is 11.9 Å². The van der Waals surface area contributed by atoms with Gasteiger partial charge in [0.05, 0.1) is 11.4 Å². The molecule has 8 rings (SSSR count). The van der Waals surface area contributed by atoms with Gasteiger partial charge in [-0.05, 0) is 88.1 Å². The van der Waals surface area contributed by atoms with Crippen molar-refractivity contribution in [1.29, 1.82) is 0 Å². The number of hydrogen-bond donors (Lipinski definition) is 6. The van der Waals surface area contributed by atoms with Gasteiger partial charge in [0.15, 0.2) is 11.4 Å². The lowest BCUT2D eigenvalue weighted by Crippen LogP contribution is -2.43. The molecule has 0 aromatic carbocycles. The van der Waals surface area contributed by atoms with Crippen molar-refractivity contribution < 1.29 is 56.9 Å². The van der Waals surface area contributed by atoms with E-state index in [2.05, 4.69) is 64.0 Å². The molecule has 6 amide bonds. The van der Waals surface area contributed by atoms with Gasteiger partial charge in [0.25, 0.3) is 22.9 Å². The number of rotatable bonds is 24. The van der Waals surface area contributed by atoms with E-state index >= 15 is 0 Å². The number of aromatic nitrogens is 6. The van der Waals surface area contributed by atoms with E-state index in [1.165, 1.54) is 73.1 Å². The number of ether oxygens (including phenoxy) is 2. The van der Waals surface area contributed by atoms with Gasteiger partial charge in [-0.3, -0.25) is 48.3 Å². The van der Waals surface area contributed by atoms with Gasteiger partial charge < -0.3 is 59.6 Å². The predicted molar refractivity (Wildman–Crippen MR) is 313 cm³/mol. The number of carbonyl (C=O) groups is 8. The van der Waals surface area contributed by atoms with Crippen LogP contribution >= 0.6 is 0 Å². The Balaban J connectivity index is 0.000000275. The van der Waals surface area contributed by atoms with Crippen LogP contribution in [-0.2, 0) is 51.5 Å². The van der Waals surface area contributed by atoms with Crippen LogP contribution in [0.15, 0.2) is 141 Å². The van der Waals surface area contributed by atoms with E-state index in [4.69, 9.17) is 31.4 Å². The zero-order valence-electron chi connectivity index (χ0n) is 46.6. The topological polar surface area (TPSA) is 349 Å². The Hall–Kier alpha value is -11.0. The summed E-state index contributed by atoms with van der Waals surface area (Å²) >= 11 is 0. The minimum absolute atomic E-state index is 0. The molecule has 0 aliphatic carbocycles. The van der Waals surface area contributed by atoms with Crippen LogP contribution < -0.4 is 43.0 Å². The van der Waals surface area contributed by atoms with Crippen molar-refractivity contribution in [3.63, 3.8) is 0 Å². The van der Waals surface area contributed by atoms with Gasteiger partial charge in [0, 0.05) is 98.9 Å². The van der Waals surface area contributed by atoms with E-state index in [0.717, 1.165) is 9.13 Å². The molecule has 87 heavy (non-hydrogen) atoms. The number of carbonyl (C=O) groups excluding carboxylic acids is 8. The average Bonchev–Trinajstić information content (AvgIpc) is 2.81. The number of hydrogen-bond acceptors (Lipinski definition) is 18. The molecule has 0 radical (unpaired) electrons. The SMILES string of the molecule is C.C#CC[C@@H](C(=O)N[C@H](/C=C/C(=O)OCc1ccccn1)C[C@@H]1CCNC1=O)n1cccc(NC(=O)c2cc(C)on2)c1=O.C#CC[C@H](C(=O)N[C@H](/C=C/C(=O)OCc1ccccn1)C[C@@H]1CCNC1=O)n1cccc(NC(=O)c2cc(C)on2)c1=O. The van der Waals surface area contributed by atoms with Crippen LogP contribution in [0.1, 0.15) is 102 Å². The summed E-state index contributed by atoms with van der Waals surface area (Å²) in [5, 5.41) is 23.3. The second-order valence-corrected chi connectivity index (χ2v) is 19.5. The zero-order valence-corrected chi connectivity index (χ0v) is 46.6. The van der Waals surface area contributed by atoms with Crippen LogP contribution in [0.2, 0.25) is 0 Å². The molecule has 0 spiro atoms. The van der Waals surface area contributed by atoms with Crippen molar-refractivity contribution in [1.82, 2.24) is 50.7 Å². The number of anilines is 2. The van der Waals surface area contributed by atoms with Crippen LogP contribution in [0.3, 0.4) is 0 Å². The van der Waals surface area contributed by atoms with Crippen LogP contribution in [0.4, 0.5) is 11.4 Å². The standard InChI is InChI=1S/2C30H30N6O7.CH4/c2*1-3-7-25(36-15-6-9-23(30(36)41)34-28(39)24-16-19(2)43-35-24)29(40)33-21(17-20-12-14-32-27(20)38)10-11-26(37)42-18-22-8-4-5-13-31-22;/h2*1,4-6,8-11,13,15-16,20-21,25H,7,12,14,17-18H2,2H3,(H,32,38)(H,33,40)(H,34,39);1H4/b2*11-10+;/t20-,21+,25+;20-,21+,25-;/m00./s1. The highest BCUT2D eigenvalue weighted by Gasteiger charge is 2.32. The van der Waals surface area contributed by atoms with Gasteiger partial charge in [-0.25, -0.2) is 9.59 Å².